The molecule has 3 N–H and O–H groups in total. The molecule has 0 saturated heterocycles. The molecule has 0 aliphatic carbocycles. The second-order valence-corrected chi connectivity index (χ2v) is 7.55. The minimum Gasteiger partial charge on any atom is -0.478 e. The van der Waals surface area contributed by atoms with Crippen LogP contribution in [0.3, 0.4) is 0 Å². The van der Waals surface area contributed by atoms with Gasteiger partial charge in [0.1, 0.15) is 5.75 Å². The van der Waals surface area contributed by atoms with Crippen molar-refractivity contribution in [3.8, 4) is 34.7 Å². The molecule has 1 aromatic heterocycles. The zero-order valence-corrected chi connectivity index (χ0v) is 17.9. The van der Waals surface area contributed by atoms with Gasteiger partial charge in [-0.2, -0.15) is 10.2 Å². The van der Waals surface area contributed by atoms with Gasteiger partial charge < -0.3 is 20.3 Å². The fourth-order valence-electron chi connectivity index (χ4n) is 3.06. The van der Waals surface area contributed by atoms with E-state index in [1.807, 2.05) is 30.3 Å². The third-order valence-electron chi connectivity index (χ3n) is 4.70. The predicted octanol–water partition coefficient (Wildman–Crippen LogP) is 4.64. The number of rotatable bonds is 8. The highest BCUT2D eigenvalue weighted by Crippen LogP contribution is 2.32. The maximum Gasteiger partial charge on any atom is 0.345 e. The Kier molecular flexibility index (Phi) is 7.20. The van der Waals surface area contributed by atoms with Gasteiger partial charge in [-0.3, -0.25) is 0 Å². The first-order chi connectivity index (χ1) is 15.7. The Morgan fingerprint density at radius 1 is 1.12 bits per heavy atom. The number of carbonyl (C=O) groups is 1. The molecule has 0 radical (unpaired) electrons. The van der Waals surface area contributed by atoms with E-state index >= 15 is 0 Å². The van der Waals surface area contributed by atoms with E-state index in [4.69, 9.17) is 15.2 Å². The van der Waals surface area contributed by atoms with Gasteiger partial charge in [0.05, 0.1) is 11.6 Å². The Labute approximate surface area is 189 Å². The second-order valence-electron chi connectivity index (χ2n) is 7.55. The predicted molar refractivity (Wildman–Crippen MR) is 116 cm³/mol. The molecule has 0 amide bonds. The normalized spacial score (nSPS) is 11.7. The monoisotopic (exact) mass is 453 g/mol. The summed E-state index contributed by atoms with van der Waals surface area (Å²) in [5, 5.41) is 18.7. The Morgan fingerprint density at radius 3 is 2.48 bits per heavy atom. The number of halogens is 2. The number of nitriles is 1. The van der Waals surface area contributed by atoms with Gasteiger partial charge in [0.25, 0.3) is 11.8 Å². The molecule has 0 unspecified atom stereocenters. The molecule has 1 heterocycles. The van der Waals surface area contributed by atoms with E-state index in [-0.39, 0.29) is 11.3 Å². The Hall–Kier alpha value is -4.03. The summed E-state index contributed by atoms with van der Waals surface area (Å²) >= 11 is 0. The van der Waals surface area contributed by atoms with Gasteiger partial charge in [-0.05, 0) is 41.0 Å². The van der Waals surface area contributed by atoms with E-state index in [1.165, 1.54) is 6.07 Å². The molecule has 7 nitrogen and oxygen atoms in total. The van der Waals surface area contributed by atoms with Crippen LogP contribution >= 0.6 is 0 Å². The molecular formula is C24H21F2N3O4. The van der Waals surface area contributed by atoms with Crippen molar-refractivity contribution in [3.05, 3.63) is 71.3 Å². The Morgan fingerprint density at radius 2 is 1.85 bits per heavy atom. The molecule has 0 saturated carbocycles. The Bertz CT molecular complexity index is 1220. The molecule has 3 rings (SSSR count). The van der Waals surface area contributed by atoms with Gasteiger partial charge in [0.15, 0.2) is 17.7 Å². The first-order valence-corrected chi connectivity index (χ1v) is 9.99. The van der Waals surface area contributed by atoms with E-state index in [0.29, 0.717) is 18.2 Å². The van der Waals surface area contributed by atoms with Crippen LogP contribution in [0.1, 0.15) is 25.0 Å². The Balaban J connectivity index is 1.99. The summed E-state index contributed by atoms with van der Waals surface area (Å²) in [6, 6.07) is 14.4. The largest absolute Gasteiger partial charge is 0.478 e. The van der Waals surface area contributed by atoms with Crippen molar-refractivity contribution in [2.75, 3.05) is 0 Å². The summed E-state index contributed by atoms with van der Waals surface area (Å²) in [6.07, 6.45) is -1.39. The molecule has 3 aromatic rings. The van der Waals surface area contributed by atoms with Gasteiger partial charge in [-0.25, -0.2) is 13.6 Å². The molecule has 0 bridgehead atoms. The van der Waals surface area contributed by atoms with Gasteiger partial charge in [0.2, 0.25) is 0 Å². The number of hydrogen-bond donors (Lipinski definition) is 2. The molecule has 0 fully saturated rings. The van der Waals surface area contributed by atoms with E-state index in [0.717, 1.165) is 11.1 Å². The highest BCUT2D eigenvalue weighted by molar-refractivity contribution is 5.73. The number of hydrogen-bond acceptors (Lipinski definition) is 6. The molecule has 1 atom stereocenters. The first kappa shape index (κ1) is 23.6. The quantitative estimate of drug-likeness (QED) is 0.510. The van der Waals surface area contributed by atoms with E-state index in [2.05, 4.69) is 4.98 Å². The summed E-state index contributed by atoms with van der Waals surface area (Å²) < 4.78 is 39.3. The molecule has 33 heavy (non-hydrogen) atoms. The summed E-state index contributed by atoms with van der Waals surface area (Å²) in [5.41, 5.74) is 8.19. The third-order valence-corrected chi connectivity index (χ3v) is 4.70. The van der Waals surface area contributed by atoms with Crippen LogP contribution < -0.4 is 15.2 Å². The van der Waals surface area contributed by atoms with Crippen molar-refractivity contribution in [2.24, 2.45) is 11.7 Å². The fourth-order valence-corrected chi connectivity index (χ4v) is 3.06. The van der Waals surface area contributed by atoms with Crippen molar-refractivity contribution >= 4 is 5.97 Å². The zero-order chi connectivity index (χ0) is 24.1. The van der Waals surface area contributed by atoms with Crippen LogP contribution in [-0.2, 0) is 11.3 Å². The lowest BCUT2D eigenvalue weighted by Gasteiger charge is -2.18. The van der Waals surface area contributed by atoms with Crippen molar-refractivity contribution < 1.29 is 28.2 Å². The number of benzene rings is 2. The standard InChI is InChI=1S/C24H21F2N3O4/c1-13(2)21(24(30)31)33-23-20(26)10-19(25)22(29-23)32-18-8-15(12-28)7-17(9-18)16-5-3-4-14(6-16)11-27/h3-10,13,21H,11,27H2,1-2H3,(H,30,31)/t21-/m1/s1. The van der Waals surface area contributed by atoms with Gasteiger partial charge in [-0.15, -0.1) is 0 Å². The molecule has 0 aliphatic heterocycles. The fraction of sp³-hybridized carbons (Fsp3) is 0.208. The number of carboxylic acids is 1. The highest BCUT2D eigenvalue weighted by atomic mass is 19.1. The maximum atomic E-state index is 14.4. The van der Waals surface area contributed by atoms with Crippen molar-refractivity contribution in [1.29, 1.82) is 5.26 Å². The van der Waals surface area contributed by atoms with Crippen LogP contribution in [0.2, 0.25) is 0 Å². The number of aliphatic carboxylic acids is 1. The lowest BCUT2D eigenvalue weighted by atomic mass is 10.0. The number of carboxylic acid groups (broad SMARTS) is 1. The maximum absolute atomic E-state index is 14.4. The van der Waals surface area contributed by atoms with Crippen LogP contribution in [-0.4, -0.2) is 22.2 Å². The third kappa shape index (κ3) is 5.61. The first-order valence-electron chi connectivity index (χ1n) is 9.99. The summed E-state index contributed by atoms with van der Waals surface area (Å²) in [5.74, 6) is -5.37. The van der Waals surface area contributed by atoms with Gasteiger partial charge >= 0.3 is 5.97 Å². The highest BCUT2D eigenvalue weighted by Gasteiger charge is 2.27. The van der Waals surface area contributed by atoms with Crippen LogP contribution in [0.15, 0.2) is 48.5 Å². The minimum atomic E-state index is -1.39. The summed E-state index contributed by atoms with van der Waals surface area (Å²) in [7, 11) is 0. The average molecular weight is 453 g/mol. The number of nitrogens with two attached hydrogens (primary N) is 1. The SMILES string of the molecule is CC(C)[C@@H](Oc1nc(Oc2cc(C#N)cc(-c3cccc(CN)c3)c2)c(F)cc1F)C(=O)O. The lowest BCUT2D eigenvalue weighted by molar-refractivity contribution is -0.147. The number of aromatic nitrogens is 1. The number of pyridine rings is 1. The van der Waals surface area contributed by atoms with Crippen molar-refractivity contribution in [1.82, 2.24) is 4.98 Å². The minimum absolute atomic E-state index is 0.0739. The van der Waals surface area contributed by atoms with Gasteiger partial charge in [-0.1, -0.05) is 32.0 Å². The molecule has 9 heteroatoms. The van der Waals surface area contributed by atoms with Crippen molar-refractivity contribution in [2.45, 2.75) is 26.5 Å². The van der Waals surface area contributed by atoms with Crippen LogP contribution in [0.5, 0.6) is 17.5 Å². The summed E-state index contributed by atoms with van der Waals surface area (Å²) in [4.78, 5) is 15.1. The topological polar surface area (TPSA) is 118 Å². The average Bonchev–Trinajstić information content (AvgIpc) is 2.79. The molecule has 0 spiro atoms. The smallest absolute Gasteiger partial charge is 0.345 e. The zero-order valence-electron chi connectivity index (χ0n) is 17.9. The molecule has 170 valence electrons. The second kappa shape index (κ2) is 10.1. The van der Waals surface area contributed by atoms with Crippen LogP contribution in [0.4, 0.5) is 8.78 Å². The van der Waals surface area contributed by atoms with Crippen LogP contribution in [0.25, 0.3) is 11.1 Å². The van der Waals surface area contributed by atoms with Crippen LogP contribution in [0, 0.1) is 28.9 Å². The molecular weight excluding hydrogens is 432 g/mol. The summed E-state index contributed by atoms with van der Waals surface area (Å²) in [6.45, 7) is 3.48. The van der Waals surface area contributed by atoms with Gasteiger partial charge in [0, 0.05) is 18.5 Å². The van der Waals surface area contributed by atoms with E-state index < -0.39 is 41.4 Å². The molecule has 2 aromatic carbocycles. The van der Waals surface area contributed by atoms with E-state index in [1.54, 1.807) is 26.0 Å². The van der Waals surface area contributed by atoms with Crippen molar-refractivity contribution in [3.63, 3.8) is 0 Å². The molecule has 0 aliphatic rings. The number of ether oxygens (including phenoxy) is 2. The van der Waals surface area contributed by atoms with E-state index in [9.17, 15) is 23.9 Å². The lowest BCUT2D eigenvalue weighted by Crippen LogP contribution is -2.32. The number of nitrogens with zero attached hydrogens (tertiary/aromatic N) is 2.